The molecule has 4 unspecified atom stereocenters. The van der Waals surface area contributed by atoms with Crippen molar-refractivity contribution in [1.29, 1.82) is 0 Å². The highest BCUT2D eigenvalue weighted by atomic mass is 31.0. The number of hydrogen-bond acceptors (Lipinski definition) is 2. The fraction of sp³-hybridized carbons (Fsp3) is 0.545. The van der Waals surface area contributed by atoms with E-state index in [0.717, 1.165) is 5.92 Å². The van der Waals surface area contributed by atoms with Gasteiger partial charge in [-0.3, -0.25) is 0 Å². The summed E-state index contributed by atoms with van der Waals surface area (Å²) in [6.07, 6.45) is 6.99. The molecular weight excluding hydrogens is 195 g/mol. The van der Waals surface area contributed by atoms with E-state index < -0.39 is 0 Å². The molecule has 2 rings (SSSR count). The monoisotopic (exact) mass is 210 g/mol. The summed E-state index contributed by atoms with van der Waals surface area (Å²) in [5, 5.41) is 0.406. The Morgan fingerprint density at radius 2 is 2.29 bits per heavy atom. The Bertz CT molecular complexity index is 296. The van der Waals surface area contributed by atoms with E-state index in [0.29, 0.717) is 23.8 Å². The fourth-order valence-corrected chi connectivity index (χ4v) is 2.45. The summed E-state index contributed by atoms with van der Waals surface area (Å²) in [6, 6.07) is 0. The number of fused-ring (bicyclic) bond motifs is 2. The van der Waals surface area contributed by atoms with Crippen molar-refractivity contribution in [2.24, 2.45) is 17.8 Å². The van der Waals surface area contributed by atoms with Gasteiger partial charge >= 0.3 is 5.97 Å². The maximum atomic E-state index is 11.1. The molecule has 0 aliphatic heterocycles. The summed E-state index contributed by atoms with van der Waals surface area (Å²) >= 11 is 0. The van der Waals surface area contributed by atoms with Crippen LogP contribution in [0.15, 0.2) is 24.0 Å². The Labute approximate surface area is 86.6 Å². The first-order chi connectivity index (χ1) is 6.66. The van der Waals surface area contributed by atoms with E-state index in [1.165, 1.54) is 12.8 Å². The zero-order valence-electron chi connectivity index (χ0n) is 8.11. The van der Waals surface area contributed by atoms with Crippen LogP contribution >= 0.6 is 9.24 Å². The number of ether oxygens (including phenoxy) is 1. The highest BCUT2D eigenvalue weighted by molar-refractivity contribution is 7.24. The highest BCUT2D eigenvalue weighted by Gasteiger charge is 2.36. The summed E-state index contributed by atoms with van der Waals surface area (Å²) in [5.74, 6) is 1.63. The molecule has 2 nitrogen and oxygen atoms in total. The maximum Gasteiger partial charge on any atom is 0.337 e. The number of hydrogen-bond donors (Lipinski definition) is 0. The Morgan fingerprint density at radius 1 is 1.50 bits per heavy atom. The van der Waals surface area contributed by atoms with E-state index >= 15 is 0 Å². The molecule has 0 heterocycles. The van der Waals surface area contributed by atoms with Crippen molar-refractivity contribution in [3.05, 3.63) is 24.0 Å². The third-order valence-corrected chi connectivity index (χ3v) is 3.34. The molecule has 0 radical (unpaired) electrons. The van der Waals surface area contributed by atoms with E-state index in [4.69, 9.17) is 4.74 Å². The van der Waals surface area contributed by atoms with Crippen LogP contribution < -0.4 is 0 Å². The first kappa shape index (κ1) is 9.92. The minimum absolute atomic E-state index is 0.290. The van der Waals surface area contributed by atoms with Gasteiger partial charge in [-0.2, -0.15) is 0 Å². The van der Waals surface area contributed by atoms with Gasteiger partial charge in [-0.1, -0.05) is 28.0 Å². The Kier molecular flexibility index (Phi) is 2.73. The summed E-state index contributed by atoms with van der Waals surface area (Å²) in [4.78, 5) is 11.1. The van der Waals surface area contributed by atoms with Crippen LogP contribution in [0, 0.1) is 17.8 Å². The molecule has 0 amide bonds. The topological polar surface area (TPSA) is 26.3 Å². The van der Waals surface area contributed by atoms with Crippen LogP contribution in [0.1, 0.15) is 12.8 Å². The summed E-state index contributed by atoms with van der Waals surface area (Å²) in [7, 11) is 2.27. The average molecular weight is 210 g/mol. The molecule has 76 valence electrons. The van der Waals surface area contributed by atoms with Crippen molar-refractivity contribution in [3.8, 4) is 0 Å². The Morgan fingerprint density at radius 3 is 2.79 bits per heavy atom. The second-order valence-electron chi connectivity index (χ2n) is 4.16. The molecule has 1 saturated carbocycles. The zero-order valence-corrected chi connectivity index (χ0v) is 9.26. The SMILES string of the molecule is C=C(P)C(=O)OCC1CC2C=CC1C2. The molecule has 2 bridgehead atoms. The van der Waals surface area contributed by atoms with Crippen molar-refractivity contribution in [2.75, 3.05) is 6.61 Å². The van der Waals surface area contributed by atoms with Crippen LogP contribution in [0.4, 0.5) is 0 Å². The van der Waals surface area contributed by atoms with E-state index in [1.54, 1.807) is 0 Å². The number of esters is 1. The van der Waals surface area contributed by atoms with Crippen LogP contribution in [-0.4, -0.2) is 12.6 Å². The molecule has 2 aliphatic rings. The first-order valence-electron chi connectivity index (χ1n) is 4.96. The number of rotatable bonds is 3. The van der Waals surface area contributed by atoms with Gasteiger partial charge in [0.25, 0.3) is 0 Å². The molecule has 0 aromatic rings. The number of allylic oxidation sites excluding steroid dienone is 2. The van der Waals surface area contributed by atoms with Crippen molar-refractivity contribution in [2.45, 2.75) is 12.8 Å². The van der Waals surface area contributed by atoms with Gasteiger partial charge in [0.1, 0.15) is 0 Å². The molecule has 0 spiro atoms. The smallest absolute Gasteiger partial charge is 0.337 e. The van der Waals surface area contributed by atoms with Crippen molar-refractivity contribution < 1.29 is 9.53 Å². The van der Waals surface area contributed by atoms with Crippen molar-refractivity contribution in [3.63, 3.8) is 0 Å². The van der Waals surface area contributed by atoms with Gasteiger partial charge in [0.05, 0.1) is 6.61 Å². The third-order valence-electron chi connectivity index (χ3n) is 3.11. The maximum absolute atomic E-state index is 11.1. The van der Waals surface area contributed by atoms with Crippen LogP contribution in [0.5, 0.6) is 0 Å². The van der Waals surface area contributed by atoms with E-state index in [1.807, 2.05) is 0 Å². The molecule has 4 atom stereocenters. The van der Waals surface area contributed by atoms with E-state index in [-0.39, 0.29) is 5.97 Å². The molecule has 0 aromatic heterocycles. The second-order valence-corrected chi connectivity index (χ2v) is 4.86. The van der Waals surface area contributed by atoms with Gasteiger partial charge in [-0.25, -0.2) is 4.79 Å². The molecule has 2 aliphatic carbocycles. The normalized spacial score (nSPS) is 33.4. The van der Waals surface area contributed by atoms with Crippen molar-refractivity contribution >= 4 is 15.2 Å². The predicted molar refractivity (Wildman–Crippen MR) is 58.7 cm³/mol. The second kappa shape index (κ2) is 3.86. The predicted octanol–water partition coefficient (Wildman–Crippen LogP) is 2.13. The number of carbonyl (C=O) groups is 1. The quantitative estimate of drug-likeness (QED) is 0.309. The summed E-state index contributed by atoms with van der Waals surface area (Å²) < 4.78 is 5.15. The molecule has 0 N–H and O–H groups in total. The molecule has 0 aromatic carbocycles. The average Bonchev–Trinajstić information content (AvgIpc) is 2.74. The van der Waals surface area contributed by atoms with Gasteiger partial charge in [0.15, 0.2) is 0 Å². The highest BCUT2D eigenvalue weighted by Crippen LogP contribution is 2.43. The molecular formula is C11H15O2P. The van der Waals surface area contributed by atoms with Gasteiger partial charge in [0.2, 0.25) is 0 Å². The van der Waals surface area contributed by atoms with Crippen LogP contribution in [0.25, 0.3) is 0 Å². The van der Waals surface area contributed by atoms with Gasteiger partial charge in [-0.05, 0) is 30.6 Å². The zero-order chi connectivity index (χ0) is 10.1. The Hall–Kier alpha value is -0.620. The molecule has 14 heavy (non-hydrogen) atoms. The van der Waals surface area contributed by atoms with Gasteiger partial charge < -0.3 is 4.74 Å². The first-order valence-corrected chi connectivity index (χ1v) is 5.54. The van der Waals surface area contributed by atoms with Crippen molar-refractivity contribution in [1.82, 2.24) is 0 Å². The third kappa shape index (κ3) is 1.90. The summed E-state index contributed by atoms with van der Waals surface area (Å²) in [6.45, 7) is 4.08. The minimum Gasteiger partial charge on any atom is -0.462 e. The standard InChI is InChI=1S/C11H15O2P/c1-7(14)11(12)13-6-10-5-8-2-3-9(10)4-8/h2-3,8-10H,1,4-6,14H2. The fourth-order valence-electron chi connectivity index (χ4n) is 2.36. The molecule has 1 fully saturated rings. The lowest BCUT2D eigenvalue weighted by Gasteiger charge is -2.17. The van der Waals surface area contributed by atoms with E-state index in [9.17, 15) is 4.79 Å². The van der Waals surface area contributed by atoms with Crippen LogP contribution in [0.2, 0.25) is 0 Å². The van der Waals surface area contributed by atoms with Gasteiger partial charge in [0, 0.05) is 5.31 Å². The largest absolute Gasteiger partial charge is 0.462 e. The van der Waals surface area contributed by atoms with E-state index in [2.05, 4.69) is 28.0 Å². The van der Waals surface area contributed by atoms with Crippen LogP contribution in [0.3, 0.4) is 0 Å². The number of carbonyl (C=O) groups excluding carboxylic acids is 1. The lowest BCUT2D eigenvalue weighted by Crippen LogP contribution is -2.17. The molecule has 0 saturated heterocycles. The minimum atomic E-state index is -0.290. The Balaban J connectivity index is 1.80. The lowest BCUT2D eigenvalue weighted by molar-refractivity contribution is -0.139. The molecule has 3 heteroatoms. The summed E-state index contributed by atoms with van der Waals surface area (Å²) in [5.41, 5.74) is 0. The van der Waals surface area contributed by atoms with Crippen LogP contribution in [-0.2, 0) is 9.53 Å². The lowest BCUT2D eigenvalue weighted by atomic mass is 9.95. The van der Waals surface area contributed by atoms with Gasteiger partial charge in [-0.15, -0.1) is 0 Å².